The van der Waals surface area contributed by atoms with Crippen LogP contribution in [0, 0.1) is 11.7 Å². The van der Waals surface area contributed by atoms with Gasteiger partial charge in [-0.3, -0.25) is 4.79 Å². The molecule has 0 bridgehead atoms. The van der Waals surface area contributed by atoms with Gasteiger partial charge in [0.05, 0.1) is 30.9 Å². The number of hydrogen-bond donors (Lipinski definition) is 0. The first-order chi connectivity index (χ1) is 15.1. The first-order valence-electron chi connectivity index (χ1n) is 10.9. The highest BCUT2D eigenvalue weighted by Crippen LogP contribution is 2.44. The smallest absolute Gasteiger partial charge is 0.249 e. The van der Waals surface area contributed by atoms with Crippen molar-refractivity contribution in [2.24, 2.45) is 5.92 Å². The van der Waals surface area contributed by atoms with E-state index >= 15 is 0 Å². The maximum absolute atomic E-state index is 14.7. The Kier molecular flexibility index (Phi) is 6.13. The van der Waals surface area contributed by atoms with Crippen LogP contribution in [0.15, 0.2) is 48.5 Å². The van der Waals surface area contributed by atoms with Crippen molar-refractivity contribution in [3.05, 3.63) is 64.9 Å². The van der Waals surface area contributed by atoms with Crippen molar-refractivity contribution >= 4 is 35.1 Å². The molecule has 2 aliphatic carbocycles. The van der Waals surface area contributed by atoms with Crippen LogP contribution in [0.4, 0.5) is 10.1 Å². The van der Waals surface area contributed by atoms with Gasteiger partial charge in [0.25, 0.3) is 0 Å². The lowest BCUT2D eigenvalue weighted by Gasteiger charge is -2.43. The Bertz CT molecular complexity index is 935. The lowest BCUT2D eigenvalue weighted by atomic mass is 10.00. The number of hydrogen-bond acceptors (Lipinski definition) is 4. The third-order valence-corrected chi connectivity index (χ3v) is 7.80. The Morgan fingerprint density at radius 2 is 1.87 bits per heavy atom. The van der Waals surface area contributed by atoms with E-state index in [-0.39, 0.29) is 30.4 Å². The number of amides is 1. The lowest BCUT2D eigenvalue weighted by molar-refractivity contribution is -0.152. The van der Waals surface area contributed by atoms with E-state index in [4.69, 9.17) is 16.3 Å². The van der Waals surface area contributed by atoms with Gasteiger partial charge in [-0.2, -0.15) is 0 Å². The second-order valence-corrected chi connectivity index (χ2v) is 10.4. The Hall–Kier alpha value is -1.76. The third-order valence-electron chi connectivity index (χ3n) is 6.18. The summed E-state index contributed by atoms with van der Waals surface area (Å²) in [6, 6.07) is 14.5. The van der Waals surface area contributed by atoms with Gasteiger partial charge in [-0.15, -0.1) is 0 Å². The van der Waals surface area contributed by atoms with Crippen LogP contribution in [0.1, 0.15) is 37.3 Å². The van der Waals surface area contributed by atoms with E-state index < -0.39 is 0 Å². The van der Waals surface area contributed by atoms with Gasteiger partial charge >= 0.3 is 0 Å². The standard InChI is InChI=1S/C24H26ClFN2O2S/c25-18-9-7-17(8-10-18)23-14-30-15-24(29)28(23)22(16-5-6-16)13-27(31-19-11-12-19)21-4-2-1-3-20(21)26/h1-4,7-10,16,19,22-23H,5-6,11-15H2. The van der Waals surface area contributed by atoms with E-state index in [2.05, 4.69) is 4.31 Å². The first kappa shape index (κ1) is 21.1. The molecule has 3 aliphatic rings. The normalized spacial score (nSPS) is 22.5. The van der Waals surface area contributed by atoms with E-state index in [1.165, 1.54) is 6.07 Å². The zero-order chi connectivity index (χ0) is 21.4. The zero-order valence-corrected chi connectivity index (χ0v) is 18.8. The summed E-state index contributed by atoms with van der Waals surface area (Å²) in [6.07, 6.45) is 4.52. The molecule has 0 spiro atoms. The van der Waals surface area contributed by atoms with Crippen LogP contribution in [-0.4, -0.2) is 41.9 Å². The number of anilines is 1. The molecular weight excluding hydrogens is 435 g/mol. The summed E-state index contributed by atoms with van der Waals surface area (Å²) in [6.45, 7) is 1.18. The van der Waals surface area contributed by atoms with E-state index in [0.717, 1.165) is 31.2 Å². The number of morpholine rings is 1. The monoisotopic (exact) mass is 460 g/mol. The molecule has 7 heteroatoms. The number of nitrogens with zero attached hydrogens (tertiary/aromatic N) is 2. The van der Waals surface area contributed by atoms with Crippen molar-refractivity contribution in [1.29, 1.82) is 0 Å². The van der Waals surface area contributed by atoms with E-state index in [9.17, 15) is 9.18 Å². The predicted molar refractivity (Wildman–Crippen MR) is 123 cm³/mol. The van der Waals surface area contributed by atoms with Gasteiger partial charge in [0.2, 0.25) is 5.91 Å². The largest absolute Gasteiger partial charge is 0.369 e. The van der Waals surface area contributed by atoms with Crippen LogP contribution in [0.3, 0.4) is 0 Å². The average molecular weight is 461 g/mol. The molecule has 1 heterocycles. The molecule has 31 heavy (non-hydrogen) atoms. The number of rotatable bonds is 8. The van der Waals surface area contributed by atoms with Crippen molar-refractivity contribution < 1.29 is 13.9 Å². The van der Waals surface area contributed by atoms with Crippen LogP contribution in [0.2, 0.25) is 5.02 Å². The molecule has 0 N–H and O–H groups in total. The number of ether oxygens (including phenoxy) is 1. The Morgan fingerprint density at radius 1 is 1.13 bits per heavy atom. The number of para-hydroxylation sites is 1. The van der Waals surface area contributed by atoms with Crippen LogP contribution in [-0.2, 0) is 9.53 Å². The Labute approximate surface area is 191 Å². The Balaban J connectivity index is 1.45. The van der Waals surface area contributed by atoms with Gasteiger partial charge in [0.1, 0.15) is 12.4 Å². The highest BCUT2D eigenvalue weighted by molar-refractivity contribution is 8.01. The summed E-state index contributed by atoms with van der Waals surface area (Å²) >= 11 is 7.81. The van der Waals surface area contributed by atoms with Gasteiger partial charge in [-0.1, -0.05) is 35.9 Å². The predicted octanol–water partition coefficient (Wildman–Crippen LogP) is 5.47. The molecule has 2 aromatic rings. The quantitative estimate of drug-likeness (QED) is 0.489. The van der Waals surface area contributed by atoms with Gasteiger partial charge in [0.15, 0.2) is 0 Å². The summed E-state index contributed by atoms with van der Waals surface area (Å²) in [4.78, 5) is 15.1. The molecule has 5 rings (SSSR count). The lowest BCUT2D eigenvalue weighted by Crippen LogP contribution is -2.53. The van der Waals surface area contributed by atoms with Gasteiger partial charge < -0.3 is 13.9 Å². The van der Waals surface area contributed by atoms with Gasteiger partial charge in [0, 0.05) is 10.3 Å². The molecule has 2 saturated carbocycles. The highest BCUT2D eigenvalue weighted by atomic mass is 35.5. The summed E-state index contributed by atoms with van der Waals surface area (Å²) in [5.74, 6) is 0.228. The van der Waals surface area contributed by atoms with Crippen molar-refractivity contribution in [2.75, 3.05) is 24.1 Å². The summed E-state index contributed by atoms with van der Waals surface area (Å²) in [7, 11) is 0. The van der Waals surface area contributed by atoms with E-state index in [1.54, 1.807) is 18.0 Å². The molecule has 0 aromatic heterocycles. The van der Waals surface area contributed by atoms with E-state index in [1.807, 2.05) is 41.3 Å². The van der Waals surface area contributed by atoms with Crippen molar-refractivity contribution in [3.63, 3.8) is 0 Å². The molecular formula is C24H26ClFN2O2S. The van der Waals surface area contributed by atoms with Crippen molar-refractivity contribution in [3.8, 4) is 0 Å². The second-order valence-electron chi connectivity index (χ2n) is 8.61. The molecule has 0 radical (unpaired) electrons. The second kappa shape index (κ2) is 9.00. The third kappa shape index (κ3) is 4.86. The molecule has 4 nitrogen and oxygen atoms in total. The summed E-state index contributed by atoms with van der Waals surface area (Å²) in [5.41, 5.74) is 1.63. The van der Waals surface area contributed by atoms with Gasteiger partial charge in [-0.05, 0) is 73.4 Å². The average Bonchev–Trinajstić information content (AvgIpc) is 3.67. The van der Waals surface area contributed by atoms with E-state index in [0.29, 0.717) is 35.0 Å². The van der Waals surface area contributed by atoms with Crippen LogP contribution in [0.25, 0.3) is 0 Å². The molecule has 1 aliphatic heterocycles. The zero-order valence-electron chi connectivity index (χ0n) is 17.3. The van der Waals surface area contributed by atoms with Crippen LogP contribution in [0.5, 0.6) is 0 Å². The number of carbonyl (C=O) groups is 1. The van der Waals surface area contributed by atoms with Crippen molar-refractivity contribution in [1.82, 2.24) is 4.90 Å². The SMILES string of the molecule is O=C1COCC(c2ccc(Cl)cc2)N1C(CN(SC1CC1)c1ccccc1F)C1CC1. The maximum Gasteiger partial charge on any atom is 0.249 e. The number of halogens is 2. The maximum atomic E-state index is 14.7. The van der Waals surface area contributed by atoms with Gasteiger partial charge in [-0.25, -0.2) is 4.39 Å². The minimum Gasteiger partial charge on any atom is -0.369 e. The molecule has 2 aromatic carbocycles. The topological polar surface area (TPSA) is 32.8 Å². The fourth-order valence-corrected chi connectivity index (χ4v) is 5.60. The molecule has 164 valence electrons. The fourth-order valence-electron chi connectivity index (χ4n) is 4.26. The molecule has 1 saturated heterocycles. The summed E-state index contributed by atoms with van der Waals surface area (Å²) < 4.78 is 22.4. The highest BCUT2D eigenvalue weighted by Gasteiger charge is 2.44. The Morgan fingerprint density at radius 3 is 2.55 bits per heavy atom. The van der Waals surface area contributed by atoms with Crippen LogP contribution >= 0.6 is 23.5 Å². The first-order valence-corrected chi connectivity index (χ1v) is 12.1. The number of carbonyl (C=O) groups excluding carboxylic acids is 1. The fraction of sp³-hybridized carbons (Fsp3) is 0.458. The molecule has 1 amide bonds. The molecule has 2 unspecified atom stereocenters. The number of benzene rings is 2. The molecule has 3 fully saturated rings. The van der Waals surface area contributed by atoms with Crippen molar-refractivity contribution in [2.45, 2.75) is 43.0 Å². The van der Waals surface area contributed by atoms with Crippen LogP contribution < -0.4 is 4.31 Å². The minimum atomic E-state index is -0.215. The minimum absolute atomic E-state index is 0.00741. The molecule has 2 atom stereocenters. The summed E-state index contributed by atoms with van der Waals surface area (Å²) in [5, 5.41) is 1.20.